The van der Waals surface area contributed by atoms with Crippen molar-refractivity contribution in [3.63, 3.8) is 0 Å². The van der Waals surface area contributed by atoms with Gasteiger partial charge in [0.05, 0.1) is 5.25 Å². The first-order chi connectivity index (χ1) is 15.0. The van der Waals surface area contributed by atoms with E-state index in [2.05, 4.69) is 79.9 Å². The highest BCUT2D eigenvalue weighted by Crippen LogP contribution is 2.30. The van der Waals surface area contributed by atoms with Crippen molar-refractivity contribution in [3.05, 3.63) is 0 Å². The third-order valence-corrected chi connectivity index (χ3v) is 9.37. The third kappa shape index (κ3) is 15.7. The van der Waals surface area contributed by atoms with E-state index in [0.717, 1.165) is 16.8 Å². The summed E-state index contributed by atoms with van der Waals surface area (Å²) in [6, 6.07) is 0.976. The van der Waals surface area contributed by atoms with E-state index in [4.69, 9.17) is 0 Å². The van der Waals surface area contributed by atoms with E-state index in [1.807, 2.05) is 35.4 Å². The molecule has 1 rings (SSSR count). The Kier molecular flexibility index (Phi) is 15.3. The van der Waals surface area contributed by atoms with Gasteiger partial charge >= 0.3 is 0 Å². The lowest BCUT2D eigenvalue weighted by atomic mass is 10.1. The van der Waals surface area contributed by atoms with Crippen molar-refractivity contribution in [1.29, 1.82) is 0 Å². The molecule has 1 saturated heterocycles. The summed E-state index contributed by atoms with van der Waals surface area (Å²) in [6.07, 6.45) is 0.355. The first-order valence-corrected chi connectivity index (χ1v) is 15.7. The number of nitrogens with one attached hydrogen (secondary N) is 2. The Balaban J connectivity index is 0.000000684. The first-order valence-electron chi connectivity index (χ1n) is 12.2. The number of hydrogen-bond acceptors (Lipinski definition) is 7. The molecule has 0 spiro atoms. The van der Waals surface area contributed by atoms with Crippen molar-refractivity contribution in [2.24, 2.45) is 5.92 Å². The molecule has 0 aliphatic carbocycles. The maximum Gasteiger partial charge on any atom is 0.242 e. The van der Waals surface area contributed by atoms with E-state index < -0.39 is 0 Å². The van der Waals surface area contributed by atoms with Crippen molar-refractivity contribution < 1.29 is 9.59 Å². The summed E-state index contributed by atoms with van der Waals surface area (Å²) in [6.45, 7) is 26.5. The minimum Gasteiger partial charge on any atom is -0.309 e. The molecular formula is C25H51N3O2S3. The average Bonchev–Trinajstić information content (AvgIpc) is 2.85. The predicted octanol–water partition coefficient (Wildman–Crippen LogP) is 5.83. The molecule has 0 saturated carbocycles. The molecule has 8 heteroatoms. The predicted molar refractivity (Wildman–Crippen MR) is 152 cm³/mol. The lowest BCUT2D eigenvalue weighted by Crippen LogP contribution is -2.46. The molecule has 1 unspecified atom stereocenters. The molecule has 1 fully saturated rings. The lowest BCUT2D eigenvalue weighted by molar-refractivity contribution is -0.138. The summed E-state index contributed by atoms with van der Waals surface area (Å²) < 4.78 is 0. The van der Waals surface area contributed by atoms with Crippen LogP contribution in [0.1, 0.15) is 89.5 Å². The van der Waals surface area contributed by atoms with Crippen LogP contribution in [-0.4, -0.2) is 68.4 Å². The molecule has 1 aliphatic heterocycles. The summed E-state index contributed by atoms with van der Waals surface area (Å²) in [5.41, 5.74) is 0.217. The molecule has 196 valence electrons. The molecule has 0 bridgehead atoms. The van der Waals surface area contributed by atoms with Crippen molar-refractivity contribution >= 4 is 45.2 Å². The number of imide groups is 1. The molecule has 33 heavy (non-hydrogen) atoms. The topological polar surface area (TPSA) is 61.4 Å². The van der Waals surface area contributed by atoms with Gasteiger partial charge in [-0.1, -0.05) is 77.0 Å². The van der Waals surface area contributed by atoms with Crippen LogP contribution in [-0.2, 0) is 9.59 Å². The van der Waals surface area contributed by atoms with Crippen LogP contribution in [0.25, 0.3) is 0 Å². The second-order valence-electron chi connectivity index (χ2n) is 11.5. The van der Waals surface area contributed by atoms with E-state index >= 15 is 0 Å². The standard InChI is InChI=1S/C15H28N2O2S.C10H23NS2/c1-10(2)8-17-13(18)7-12(14(17)19)20-9-15(5,6)16-11(3)4;1-8(2)11-10(5,6)7-12-13-9(3)4/h10-12,16H,7-9H2,1-6H3;8-9,11H,7H2,1-6H3. The minimum absolute atomic E-state index is 0.00551. The van der Waals surface area contributed by atoms with Crippen LogP contribution >= 0.6 is 33.3 Å². The number of likely N-dealkylation sites (tertiary alicyclic amines) is 1. The molecule has 0 aromatic carbocycles. The molecule has 2 N–H and O–H groups in total. The monoisotopic (exact) mass is 521 g/mol. The van der Waals surface area contributed by atoms with Crippen LogP contribution in [0.5, 0.6) is 0 Å². The van der Waals surface area contributed by atoms with E-state index in [9.17, 15) is 9.59 Å². The Morgan fingerprint density at radius 2 is 1.36 bits per heavy atom. The van der Waals surface area contributed by atoms with Gasteiger partial charge in [0.1, 0.15) is 0 Å². The first kappa shape index (κ1) is 33.1. The van der Waals surface area contributed by atoms with Crippen molar-refractivity contribution in [2.75, 3.05) is 18.1 Å². The van der Waals surface area contributed by atoms with Gasteiger partial charge < -0.3 is 10.6 Å². The van der Waals surface area contributed by atoms with Crippen molar-refractivity contribution in [3.8, 4) is 0 Å². The molecule has 0 radical (unpaired) electrons. The smallest absolute Gasteiger partial charge is 0.242 e. The van der Waals surface area contributed by atoms with E-state index in [-0.39, 0.29) is 28.1 Å². The zero-order chi connectivity index (χ0) is 26.0. The molecule has 0 aromatic rings. The summed E-state index contributed by atoms with van der Waals surface area (Å²) in [5, 5.41) is 7.56. The molecule has 5 nitrogen and oxygen atoms in total. The minimum atomic E-state index is -0.200. The number of carbonyl (C=O) groups excluding carboxylic acids is 2. The van der Waals surface area contributed by atoms with E-state index in [0.29, 0.717) is 31.0 Å². The molecule has 1 aliphatic rings. The fourth-order valence-electron chi connectivity index (χ4n) is 3.61. The highest BCUT2D eigenvalue weighted by atomic mass is 33.1. The second-order valence-corrected chi connectivity index (χ2v) is 15.6. The zero-order valence-corrected chi connectivity index (χ0v) is 25.7. The Morgan fingerprint density at radius 1 is 0.879 bits per heavy atom. The number of carbonyl (C=O) groups is 2. The Bertz CT molecular complexity index is 593. The van der Waals surface area contributed by atoms with Gasteiger partial charge in [-0.2, -0.15) is 0 Å². The number of amides is 2. The Labute approximate surface area is 216 Å². The molecule has 2 amide bonds. The van der Waals surface area contributed by atoms with Crippen molar-refractivity contribution in [1.82, 2.24) is 15.5 Å². The Hall–Kier alpha value is 0.110. The second kappa shape index (κ2) is 15.3. The van der Waals surface area contributed by atoms with Crippen molar-refractivity contribution in [2.45, 2.75) is 123 Å². The van der Waals surface area contributed by atoms with Crippen LogP contribution in [0.3, 0.4) is 0 Å². The fourth-order valence-corrected chi connectivity index (χ4v) is 7.47. The highest BCUT2D eigenvalue weighted by Gasteiger charge is 2.39. The van der Waals surface area contributed by atoms with Gasteiger partial charge in [0, 0.05) is 52.9 Å². The van der Waals surface area contributed by atoms with E-state index in [1.165, 1.54) is 4.90 Å². The SMILES string of the molecule is CC(C)CN1C(=O)CC(SCC(C)(C)NC(C)C)C1=O.CC(C)NC(C)(C)CSSC(C)C. The van der Waals surface area contributed by atoms with Crippen LogP contribution in [0.2, 0.25) is 0 Å². The number of nitrogens with zero attached hydrogens (tertiary/aromatic N) is 1. The normalized spacial score (nSPS) is 17.6. The number of hydrogen-bond donors (Lipinski definition) is 2. The summed E-state index contributed by atoms with van der Waals surface area (Å²) in [7, 11) is 3.93. The quantitative estimate of drug-likeness (QED) is 0.233. The number of rotatable bonds is 13. The van der Waals surface area contributed by atoms with Gasteiger partial charge in [-0.3, -0.25) is 14.5 Å². The van der Waals surface area contributed by atoms with Crippen LogP contribution in [0, 0.1) is 5.92 Å². The largest absolute Gasteiger partial charge is 0.309 e. The van der Waals surface area contributed by atoms with E-state index in [1.54, 1.807) is 11.8 Å². The third-order valence-electron chi connectivity index (χ3n) is 4.43. The molecule has 0 aromatic heterocycles. The summed E-state index contributed by atoms with van der Waals surface area (Å²) >= 11 is 1.60. The van der Waals surface area contributed by atoms with Crippen LogP contribution in [0.4, 0.5) is 0 Å². The lowest BCUT2D eigenvalue weighted by Gasteiger charge is -2.29. The summed E-state index contributed by atoms with van der Waals surface area (Å²) in [4.78, 5) is 25.6. The van der Waals surface area contributed by atoms with Gasteiger partial charge in [0.2, 0.25) is 11.8 Å². The summed E-state index contributed by atoms with van der Waals surface area (Å²) in [5.74, 6) is 2.29. The van der Waals surface area contributed by atoms with Gasteiger partial charge in [-0.05, 0) is 33.6 Å². The Morgan fingerprint density at radius 3 is 1.79 bits per heavy atom. The molecule has 1 atom stereocenters. The number of thioether (sulfide) groups is 1. The average molecular weight is 522 g/mol. The zero-order valence-electron chi connectivity index (χ0n) is 23.2. The highest BCUT2D eigenvalue weighted by molar-refractivity contribution is 8.76. The van der Waals surface area contributed by atoms with Gasteiger partial charge in [0.25, 0.3) is 0 Å². The van der Waals surface area contributed by atoms with Gasteiger partial charge in [-0.25, -0.2) is 0 Å². The van der Waals surface area contributed by atoms with Crippen LogP contribution < -0.4 is 10.6 Å². The van der Waals surface area contributed by atoms with Gasteiger partial charge in [0.15, 0.2) is 0 Å². The molecular weight excluding hydrogens is 470 g/mol. The fraction of sp³-hybridized carbons (Fsp3) is 0.920. The van der Waals surface area contributed by atoms with Crippen LogP contribution in [0.15, 0.2) is 0 Å². The maximum absolute atomic E-state index is 12.3. The molecule has 1 heterocycles. The van der Waals surface area contributed by atoms with Gasteiger partial charge in [-0.15, -0.1) is 11.8 Å². The maximum atomic E-state index is 12.3.